The van der Waals surface area contributed by atoms with E-state index in [1.807, 2.05) is 0 Å². The number of fused-ring (bicyclic) bond motifs is 1. The quantitative estimate of drug-likeness (QED) is 0.532. The van der Waals surface area contributed by atoms with Gasteiger partial charge >= 0.3 is 0 Å². The van der Waals surface area contributed by atoms with E-state index in [1.165, 1.54) is 12.1 Å². The average molecular weight is 432 g/mol. The number of aromatic amines is 1. The molecular formula is C21H23ClFN5O2. The van der Waals surface area contributed by atoms with Gasteiger partial charge in [0.2, 0.25) is 0 Å². The van der Waals surface area contributed by atoms with Crippen molar-refractivity contribution in [1.82, 2.24) is 25.6 Å². The number of ether oxygens (including phenoxy) is 1. The summed E-state index contributed by atoms with van der Waals surface area (Å²) in [5.74, 6) is 0.715. The minimum Gasteiger partial charge on any atom is -0.486 e. The maximum Gasteiger partial charge on any atom is 0.258 e. The molecule has 0 saturated carbocycles. The van der Waals surface area contributed by atoms with Gasteiger partial charge < -0.3 is 20.4 Å². The Balaban J connectivity index is 1.48. The van der Waals surface area contributed by atoms with Crippen LogP contribution in [0.4, 0.5) is 4.39 Å². The summed E-state index contributed by atoms with van der Waals surface area (Å²) >= 11 is 5.69. The molecule has 158 valence electrons. The second kappa shape index (κ2) is 9.51. The monoisotopic (exact) mass is 431 g/mol. The summed E-state index contributed by atoms with van der Waals surface area (Å²) in [5.41, 5.74) is 0.995. The topological polar surface area (TPSA) is 91.9 Å². The van der Waals surface area contributed by atoms with Crippen molar-refractivity contribution in [1.29, 1.82) is 0 Å². The molecule has 2 aromatic heterocycles. The number of piperidine rings is 1. The third-order valence-corrected chi connectivity index (χ3v) is 5.51. The van der Waals surface area contributed by atoms with Gasteiger partial charge in [-0.3, -0.25) is 9.78 Å². The summed E-state index contributed by atoms with van der Waals surface area (Å²) < 4.78 is 19.1. The lowest BCUT2D eigenvalue weighted by Gasteiger charge is -2.22. The molecule has 1 aliphatic heterocycles. The van der Waals surface area contributed by atoms with Crippen LogP contribution < -0.4 is 20.9 Å². The molecule has 0 aliphatic carbocycles. The molecular weight excluding hydrogens is 409 g/mol. The second-order valence-corrected chi connectivity index (χ2v) is 7.76. The van der Waals surface area contributed by atoms with Crippen LogP contribution in [0.15, 0.2) is 35.3 Å². The predicted octanol–water partition coefficient (Wildman–Crippen LogP) is 2.78. The van der Waals surface area contributed by atoms with Crippen LogP contribution in [-0.2, 0) is 13.2 Å². The zero-order valence-electron chi connectivity index (χ0n) is 16.4. The normalized spacial score (nSPS) is 14.9. The number of rotatable bonds is 7. The van der Waals surface area contributed by atoms with E-state index in [-0.39, 0.29) is 17.2 Å². The van der Waals surface area contributed by atoms with Crippen LogP contribution in [-0.4, -0.2) is 34.6 Å². The summed E-state index contributed by atoms with van der Waals surface area (Å²) in [4.78, 5) is 24.2. The summed E-state index contributed by atoms with van der Waals surface area (Å²) in [6, 6.07) is 5.82. The van der Waals surface area contributed by atoms with Crippen molar-refractivity contribution in [2.24, 2.45) is 5.92 Å². The number of hydrogen-bond acceptors (Lipinski definition) is 6. The van der Waals surface area contributed by atoms with E-state index in [0.717, 1.165) is 32.5 Å². The Bertz CT molecular complexity index is 1080. The highest BCUT2D eigenvalue weighted by Crippen LogP contribution is 2.21. The van der Waals surface area contributed by atoms with Gasteiger partial charge in [0.05, 0.1) is 16.1 Å². The Morgan fingerprint density at radius 1 is 1.27 bits per heavy atom. The van der Waals surface area contributed by atoms with Crippen molar-refractivity contribution in [3.63, 3.8) is 0 Å². The summed E-state index contributed by atoms with van der Waals surface area (Å²) in [7, 11) is 0. The lowest BCUT2D eigenvalue weighted by atomic mass is 9.98. The largest absolute Gasteiger partial charge is 0.486 e. The molecule has 3 N–H and O–H groups in total. The van der Waals surface area contributed by atoms with Gasteiger partial charge in [0.25, 0.3) is 5.56 Å². The van der Waals surface area contributed by atoms with Gasteiger partial charge in [0, 0.05) is 18.8 Å². The molecule has 0 bridgehead atoms. The number of aromatic nitrogens is 3. The highest BCUT2D eigenvalue weighted by molar-refractivity contribution is 6.30. The SMILES string of the molecule is O=c1[nH]c(COc2ccc(Cl)c(F)c2)nc2c(CNCC3CCNCC3)nccc12. The second-order valence-electron chi connectivity index (χ2n) is 7.36. The van der Waals surface area contributed by atoms with Crippen LogP contribution in [0, 0.1) is 11.7 Å². The molecule has 30 heavy (non-hydrogen) atoms. The number of hydrogen-bond donors (Lipinski definition) is 3. The average Bonchev–Trinajstić information content (AvgIpc) is 2.76. The van der Waals surface area contributed by atoms with E-state index in [1.54, 1.807) is 18.3 Å². The standard InChI is InChI=1S/C21H23ClFN5O2/c22-16-2-1-14(9-17(16)23)30-12-19-27-20-15(21(29)28-19)5-8-26-18(20)11-25-10-13-3-6-24-7-4-13/h1-2,5,8-9,13,24-25H,3-4,6-7,10-12H2,(H,27,28,29). The predicted molar refractivity (Wildman–Crippen MR) is 113 cm³/mol. The first-order chi connectivity index (χ1) is 14.6. The summed E-state index contributed by atoms with van der Waals surface area (Å²) in [5, 5.41) is 7.30. The Labute approximate surface area is 178 Å². The van der Waals surface area contributed by atoms with Crippen LogP contribution in [0.3, 0.4) is 0 Å². The number of halogens is 2. The Morgan fingerprint density at radius 2 is 2.10 bits per heavy atom. The lowest BCUT2D eigenvalue weighted by Crippen LogP contribution is -2.33. The minimum absolute atomic E-state index is 0.0108. The molecule has 3 aromatic rings. The molecule has 0 spiro atoms. The van der Waals surface area contributed by atoms with E-state index < -0.39 is 5.82 Å². The van der Waals surface area contributed by atoms with Crippen molar-refractivity contribution in [2.75, 3.05) is 19.6 Å². The first-order valence-electron chi connectivity index (χ1n) is 9.96. The Hall–Kier alpha value is -2.55. The summed E-state index contributed by atoms with van der Waals surface area (Å²) in [6.45, 7) is 3.53. The number of nitrogens with one attached hydrogen (secondary N) is 3. The molecule has 0 atom stereocenters. The van der Waals surface area contributed by atoms with Gasteiger partial charge in [-0.25, -0.2) is 9.37 Å². The van der Waals surface area contributed by atoms with Crippen molar-refractivity contribution in [3.05, 3.63) is 63.2 Å². The summed E-state index contributed by atoms with van der Waals surface area (Å²) in [6.07, 6.45) is 3.93. The minimum atomic E-state index is -0.569. The highest BCUT2D eigenvalue weighted by Gasteiger charge is 2.14. The van der Waals surface area contributed by atoms with Gasteiger partial charge in [-0.1, -0.05) is 11.6 Å². The van der Waals surface area contributed by atoms with E-state index >= 15 is 0 Å². The fourth-order valence-corrected chi connectivity index (χ4v) is 3.68. The van der Waals surface area contributed by atoms with Crippen LogP contribution in [0.1, 0.15) is 24.4 Å². The van der Waals surface area contributed by atoms with Crippen LogP contribution in [0.25, 0.3) is 10.9 Å². The third-order valence-electron chi connectivity index (χ3n) is 5.20. The fraction of sp³-hybridized carbons (Fsp3) is 0.381. The van der Waals surface area contributed by atoms with Gasteiger partial charge in [-0.05, 0) is 56.6 Å². The van der Waals surface area contributed by atoms with Crippen LogP contribution >= 0.6 is 11.6 Å². The molecule has 0 unspecified atom stereocenters. The molecule has 3 heterocycles. The fourth-order valence-electron chi connectivity index (χ4n) is 3.56. The van der Waals surface area contributed by atoms with E-state index in [0.29, 0.717) is 40.6 Å². The lowest BCUT2D eigenvalue weighted by molar-refractivity contribution is 0.294. The van der Waals surface area contributed by atoms with Crippen molar-refractivity contribution in [3.8, 4) is 5.75 Å². The number of benzene rings is 1. The molecule has 1 aromatic carbocycles. The molecule has 0 radical (unpaired) electrons. The van der Waals surface area contributed by atoms with Gasteiger partial charge in [0.15, 0.2) is 0 Å². The Kier molecular flexibility index (Phi) is 6.56. The third kappa shape index (κ3) is 4.95. The molecule has 7 nitrogen and oxygen atoms in total. The zero-order valence-corrected chi connectivity index (χ0v) is 17.1. The zero-order chi connectivity index (χ0) is 20.9. The van der Waals surface area contributed by atoms with E-state index in [9.17, 15) is 9.18 Å². The number of nitrogens with zero attached hydrogens (tertiary/aromatic N) is 2. The molecule has 4 rings (SSSR count). The molecule has 1 aliphatic rings. The molecule has 1 saturated heterocycles. The smallest absolute Gasteiger partial charge is 0.258 e. The number of H-pyrrole nitrogens is 1. The van der Waals surface area contributed by atoms with Crippen molar-refractivity contribution in [2.45, 2.75) is 26.0 Å². The van der Waals surface area contributed by atoms with Gasteiger partial charge in [-0.2, -0.15) is 0 Å². The highest BCUT2D eigenvalue weighted by atomic mass is 35.5. The maximum absolute atomic E-state index is 13.6. The first-order valence-corrected chi connectivity index (χ1v) is 10.3. The van der Waals surface area contributed by atoms with Crippen molar-refractivity contribution < 1.29 is 9.13 Å². The van der Waals surface area contributed by atoms with Gasteiger partial charge in [-0.15, -0.1) is 0 Å². The van der Waals surface area contributed by atoms with Crippen molar-refractivity contribution >= 4 is 22.5 Å². The molecule has 9 heteroatoms. The molecule has 1 fully saturated rings. The van der Waals surface area contributed by atoms with Crippen LogP contribution in [0.2, 0.25) is 5.02 Å². The number of pyridine rings is 1. The Morgan fingerprint density at radius 3 is 2.90 bits per heavy atom. The van der Waals surface area contributed by atoms with E-state index in [2.05, 4.69) is 25.6 Å². The molecule has 0 amide bonds. The maximum atomic E-state index is 13.6. The van der Waals surface area contributed by atoms with Gasteiger partial charge in [0.1, 0.15) is 29.5 Å². The van der Waals surface area contributed by atoms with Crippen LogP contribution in [0.5, 0.6) is 5.75 Å². The van der Waals surface area contributed by atoms with E-state index in [4.69, 9.17) is 16.3 Å². The first kappa shape index (κ1) is 20.7.